The molecule has 2 aliphatic heterocycles. The number of methoxy groups -OCH3 is 1. The number of nitrogens with zero attached hydrogens (tertiary/aromatic N) is 1. The Bertz CT molecular complexity index is 1090. The first-order chi connectivity index (χ1) is 18.4. The second-order valence-corrected chi connectivity index (χ2v) is 12.1. The lowest BCUT2D eigenvalue weighted by atomic mass is 9.77. The van der Waals surface area contributed by atoms with Gasteiger partial charge in [0.15, 0.2) is 0 Å². The Morgan fingerprint density at radius 3 is 2.33 bits per heavy atom. The molecule has 0 spiro atoms. The summed E-state index contributed by atoms with van der Waals surface area (Å²) in [6, 6.07) is 2.31. The number of nitrogens with one attached hydrogen (secondary N) is 2. The molecule has 1 aromatic rings. The normalized spacial score (nSPS) is 21.2. The molecule has 2 N–H and O–H groups in total. The lowest BCUT2D eigenvalue weighted by molar-refractivity contribution is -0.150. The standard InChI is InChI=1S/C27H40BF2N3O7/c1-25(2,3)38-24(36)31-20(22(34)33-11-9-10-19(32-33)23(35)37-8)14-16-12-17(21(29)30)15-18(13-16)28-39-26(4,5)27(6,7)40-28/h12-13,15,19-21,32H,9-11,14H2,1-8H3,(H,31,36). The molecular weight excluding hydrogens is 527 g/mol. The highest BCUT2D eigenvalue weighted by Gasteiger charge is 2.52. The molecule has 0 aromatic heterocycles. The van der Waals surface area contributed by atoms with Gasteiger partial charge in [-0.3, -0.25) is 14.6 Å². The van der Waals surface area contributed by atoms with Crippen molar-refractivity contribution in [1.82, 2.24) is 15.8 Å². The summed E-state index contributed by atoms with van der Waals surface area (Å²) >= 11 is 0. The van der Waals surface area contributed by atoms with Gasteiger partial charge in [-0.1, -0.05) is 18.2 Å². The Morgan fingerprint density at radius 2 is 1.77 bits per heavy atom. The molecule has 10 nitrogen and oxygen atoms in total. The smallest absolute Gasteiger partial charge is 0.468 e. The molecule has 13 heteroatoms. The van der Waals surface area contributed by atoms with Gasteiger partial charge in [-0.2, -0.15) is 0 Å². The van der Waals surface area contributed by atoms with E-state index in [9.17, 15) is 23.2 Å². The van der Waals surface area contributed by atoms with Gasteiger partial charge in [0.1, 0.15) is 17.7 Å². The zero-order chi connectivity index (χ0) is 30.0. The third-order valence-corrected chi connectivity index (χ3v) is 7.18. The predicted molar refractivity (Wildman–Crippen MR) is 144 cm³/mol. The average Bonchev–Trinajstić information content (AvgIpc) is 3.08. The fourth-order valence-corrected chi connectivity index (χ4v) is 4.44. The number of alkyl carbamates (subject to hydrolysis) is 1. The monoisotopic (exact) mass is 567 g/mol. The van der Waals surface area contributed by atoms with E-state index in [1.165, 1.54) is 24.3 Å². The minimum Gasteiger partial charge on any atom is -0.468 e. The number of ether oxygens (including phenoxy) is 2. The van der Waals surface area contributed by atoms with Crippen molar-refractivity contribution in [2.24, 2.45) is 0 Å². The summed E-state index contributed by atoms with van der Waals surface area (Å²) < 4.78 is 50.2. The molecule has 2 amide bonds. The molecular formula is C27H40BF2N3O7. The fourth-order valence-electron chi connectivity index (χ4n) is 4.44. The first-order valence-corrected chi connectivity index (χ1v) is 13.3. The number of amides is 2. The molecule has 2 atom stereocenters. The summed E-state index contributed by atoms with van der Waals surface area (Å²) in [6.07, 6.45) is -2.78. The van der Waals surface area contributed by atoms with Gasteiger partial charge in [0, 0.05) is 18.5 Å². The molecule has 2 unspecified atom stereocenters. The summed E-state index contributed by atoms with van der Waals surface area (Å²) in [5, 5.41) is 3.83. The molecule has 0 saturated carbocycles. The maximum atomic E-state index is 14.0. The molecule has 0 aliphatic carbocycles. The topological polar surface area (TPSA) is 115 Å². The molecule has 2 fully saturated rings. The van der Waals surface area contributed by atoms with Crippen molar-refractivity contribution in [3.8, 4) is 0 Å². The third kappa shape index (κ3) is 7.70. The molecule has 3 rings (SSSR count). The van der Waals surface area contributed by atoms with Crippen molar-refractivity contribution in [2.45, 2.75) is 103 Å². The van der Waals surface area contributed by atoms with E-state index in [4.69, 9.17) is 18.8 Å². The number of hydrogen-bond acceptors (Lipinski definition) is 8. The van der Waals surface area contributed by atoms with Crippen LogP contribution in [0.2, 0.25) is 0 Å². The van der Waals surface area contributed by atoms with E-state index in [-0.39, 0.29) is 18.5 Å². The number of alkyl halides is 2. The van der Waals surface area contributed by atoms with Crippen molar-refractivity contribution in [1.29, 1.82) is 0 Å². The Balaban J connectivity index is 1.93. The minimum absolute atomic E-state index is 0.133. The minimum atomic E-state index is -2.79. The van der Waals surface area contributed by atoms with Crippen LogP contribution < -0.4 is 16.2 Å². The van der Waals surface area contributed by atoms with E-state index in [2.05, 4.69) is 10.7 Å². The zero-order valence-electron chi connectivity index (χ0n) is 24.4. The fraction of sp³-hybridized carbons (Fsp3) is 0.667. The van der Waals surface area contributed by atoms with Gasteiger partial charge in [0.05, 0.1) is 18.3 Å². The van der Waals surface area contributed by atoms with Crippen LogP contribution in [0.5, 0.6) is 0 Å². The van der Waals surface area contributed by atoms with E-state index < -0.39 is 60.4 Å². The number of esters is 1. The number of halogens is 2. The van der Waals surface area contributed by atoms with Crippen molar-refractivity contribution in [3.63, 3.8) is 0 Å². The van der Waals surface area contributed by atoms with Gasteiger partial charge < -0.3 is 24.1 Å². The molecule has 2 aliphatic rings. The van der Waals surface area contributed by atoms with E-state index in [1.807, 2.05) is 27.7 Å². The molecule has 0 bridgehead atoms. The summed E-state index contributed by atoms with van der Waals surface area (Å²) in [5.41, 5.74) is 1.10. The van der Waals surface area contributed by atoms with Gasteiger partial charge >= 0.3 is 19.2 Å². The zero-order valence-corrected chi connectivity index (χ0v) is 24.4. The van der Waals surface area contributed by atoms with Crippen LogP contribution in [0, 0.1) is 0 Å². The van der Waals surface area contributed by atoms with Gasteiger partial charge in [0.25, 0.3) is 12.3 Å². The SMILES string of the molecule is COC(=O)C1CCCN(C(=O)C(Cc2cc(B3OC(C)(C)C(C)(C)O3)cc(C(F)F)c2)NC(=O)OC(C)(C)C)N1. The van der Waals surface area contributed by atoms with Crippen LogP contribution in [0.25, 0.3) is 0 Å². The van der Waals surface area contributed by atoms with E-state index in [0.717, 1.165) is 0 Å². The number of hydrazine groups is 1. The van der Waals surface area contributed by atoms with Gasteiger partial charge in [0.2, 0.25) is 0 Å². The van der Waals surface area contributed by atoms with Crippen molar-refractivity contribution in [2.75, 3.05) is 13.7 Å². The van der Waals surface area contributed by atoms with Crippen molar-refractivity contribution < 1.29 is 41.9 Å². The molecule has 2 saturated heterocycles. The van der Waals surface area contributed by atoms with Crippen LogP contribution in [-0.2, 0) is 34.8 Å². The number of hydrogen-bond donors (Lipinski definition) is 2. The average molecular weight is 567 g/mol. The van der Waals surface area contributed by atoms with Crippen LogP contribution in [0.4, 0.5) is 13.6 Å². The molecule has 1 aromatic carbocycles. The first kappa shape index (κ1) is 31.8. The summed E-state index contributed by atoms with van der Waals surface area (Å²) in [4.78, 5) is 38.4. The summed E-state index contributed by atoms with van der Waals surface area (Å²) in [5.74, 6) is -1.08. The van der Waals surface area contributed by atoms with Crippen LogP contribution in [0.1, 0.15) is 78.9 Å². The lowest BCUT2D eigenvalue weighted by Crippen LogP contribution is -2.60. The first-order valence-electron chi connectivity index (χ1n) is 13.3. The van der Waals surface area contributed by atoms with Gasteiger partial charge in [-0.15, -0.1) is 0 Å². The Morgan fingerprint density at radius 1 is 1.15 bits per heavy atom. The molecule has 40 heavy (non-hydrogen) atoms. The third-order valence-electron chi connectivity index (χ3n) is 7.18. The second kappa shape index (κ2) is 12.0. The number of carbonyl (C=O) groups excluding carboxylic acids is 3. The summed E-state index contributed by atoms with van der Waals surface area (Å²) in [6.45, 7) is 12.7. The quantitative estimate of drug-likeness (QED) is 0.382. The maximum absolute atomic E-state index is 14.0. The summed E-state index contributed by atoms with van der Waals surface area (Å²) in [7, 11) is 0.352. The largest absolute Gasteiger partial charge is 0.494 e. The van der Waals surface area contributed by atoms with Gasteiger partial charge in [-0.05, 0) is 72.3 Å². The Labute approximate surface area is 234 Å². The number of benzene rings is 1. The van der Waals surface area contributed by atoms with Crippen molar-refractivity contribution in [3.05, 3.63) is 29.3 Å². The van der Waals surface area contributed by atoms with E-state index in [0.29, 0.717) is 23.9 Å². The van der Waals surface area contributed by atoms with Crippen LogP contribution in [0.15, 0.2) is 18.2 Å². The van der Waals surface area contributed by atoms with Gasteiger partial charge in [-0.25, -0.2) is 19.0 Å². The van der Waals surface area contributed by atoms with Crippen LogP contribution in [-0.4, -0.2) is 72.6 Å². The highest BCUT2D eigenvalue weighted by atomic mass is 19.3. The highest BCUT2D eigenvalue weighted by Crippen LogP contribution is 2.37. The Hall–Kier alpha value is -2.77. The van der Waals surface area contributed by atoms with E-state index in [1.54, 1.807) is 26.8 Å². The van der Waals surface area contributed by atoms with Crippen LogP contribution in [0.3, 0.4) is 0 Å². The lowest BCUT2D eigenvalue weighted by Gasteiger charge is -2.35. The molecule has 0 radical (unpaired) electrons. The molecule has 2 heterocycles. The number of rotatable bonds is 7. The highest BCUT2D eigenvalue weighted by molar-refractivity contribution is 6.62. The van der Waals surface area contributed by atoms with Crippen LogP contribution >= 0.6 is 0 Å². The van der Waals surface area contributed by atoms with Crippen molar-refractivity contribution >= 4 is 30.6 Å². The number of carbonyl (C=O) groups is 3. The maximum Gasteiger partial charge on any atom is 0.494 e. The Kier molecular flexibility index (Phi) is 9.53. The predicted octanol–water partition coefficient (Wildman–Crippen LogP) is 3.03. The molecule has 222 valence electrons. The van der Waals surface area contributed by atoms with E-state index >= 15 is 0 Å². The second-order valence-electron chi connectivity index (χ2n) is 12.1.